The van der Waals surface area contributed by atoms with E-state index in [4.69, 9.17) is 42.8 Å². The summed E-state index contributed by atoms with van der Waals surface area (Å²) < 4.78 is 13.8. The lowest BCUT2D eigenvalue weighted by atomic mass is 10.0. The fourth-order valence-electron chi connectivity index (χ4n) is 5.52. The zero-order valence-corrected chi connectivity index (χ0v) is 30.9. The van der Waals surface area contributed by atoms with Crippen molar-refractivity contribution in [2.75, 3.05) is 6.61 Å². The smallest absolute Gasteiger partial charge is 0.335 e. The second-order valence-corrected chi connectivity index (χ2v) is 13.3. The van der Waals surface area contributed by atoms with Crippen molar-refractivity contribution in [3.05, 3.63) is 141 Å². The Labute approximate surface area is 315 Å². The van der Waals surface area contributed by atoms with Crippen LogP contribution in [-0.2, 0) is 24.4 Å². The van der Waals surface area contributed by atoms with Gasteiger partial charge in [-0.25, -0.2) is 9.78 Å². The Hall–Kier alpha value is -5.05. The molecule has 1 aromatic heterocycles. The molecule has 0 aliphatic carbocycles. The second-order valence-electron chi connectivity index (χ2n) is 12.5. The molecular formula is C42H43Cl2N3O5. The number of nitrogens with zero attached hydrogens (tertiary/aromatic N) is 2. The van der Waals surface area contributed by atoms with Crippen LogP contribution in [0.15, 0.2) is 103 Å². The van der Waals surface area contributed by atoms with Gasteiger partial charge in [0.05, 0.1) is 28.9 Å². The van der Waals surface area contributed by atoms with E-state index < -0.39 is 12.0 Å². The maximum absolute atomic E-state index is 13.5. The van der Waals surface area contributed by atoms with Gasteiger partial charge in [0.1, 0.15) is 23.9 Å². The fourth-order valence-corrected chi connectivity index (χ4v) is 6.02. The van der Waals surface area contributed by atoms with Gasteiger partial charge < -0.3 is 24.5 Å². The summed E-state index contributed by atoms with van der Waals surface area (Å²) in [7, 11) is 0. The summed E-state index contributed by atoms with van der Waals surface area (Å²) >= 11 is 12.8. The Kier molecular flexibility index (Phi) is 13.9. The predicted octanol–water partition coefficient (Wildman–Crippen LogP) is 10.2. The number of hydrogen-bond acceptors (Lipinski definition) is 5. The highest BCUT2D eigenvalue weighted by molar-refractivity contribution is 6.36. The molecule has 1 heterocycles. The average molecular weight is 741 g/mol. The number of aryl methyl sites for hydroxylation is 1. The Bertz CT molecular complexity index is 1960. The van der Waals surface area contributed by atoms with Gasteiger partial charge in [-0.15, -0.1) is 0 Å². The normalized spacial score (nSPS) is 11.8. The minimum absolute atomic E-state index is 0.228. The molecule has 0 saturated heterocycles. The number of carboxylic acids is 1. The highest BCUT2D eigenvalue weighted by atomic mass is 35.5. The largest absolute Gasteiger partial charge is 0.494 e. The van der Waals surface area contributed by atoms with Crippen LogP contribution in [-0.4, -0.2) is 33.1 Å². The van der Waals surface area contributed by atoms with E-state index in [2.05, 4.69) is 23.7 Å². The molecule has 0 spiro atoms. The molecule has 0 radical (unpaired) electrons. The molecule has 1 atom stereocenters. The third-order valence-electron chi connectivity index (χ3n) is 8.44. The van der Waals surface area contributed by atoms with Crippen molar-refractivity contribution in [1.29, 1.82) is 0 Å². The van der Waals surface area contributed by atoms with Crippen LogP contribution in [0.5, 0.6) is 11.5 Å². The van der Waals surface area contributed by atoms with Gasteiger partial charge in [0.25, 0.3) is 0 Å². The summed E-state index contributed by atoms with van der Waals surface area (Å²) in [5.41, 5.74) is 4.40. The van der Waals surface area contributed by atoms with Crippen LogP contribution in [0.4, 0.5) is 0 Å². The Balaban J connectivity index is 1.37. The molecule has 5 rings (SSSR count). The van der Waals surface area contributed by atoms with Crippen LogP contribution >= 0.6 is 23.2 Å². The molecule has 0 fully saturated rings. The molecule has 0 bridgehead atoms. The highest BCUT2D eigenvalue weighted by Crippen LogP contribution is 2.32. The van der Waals surface area contributed by atoms with Gasteiger partial charge in [-0.3, -0.25) is 4.79 Å². The molecule has 1 amide bonds. The van der Waals surface area contributed by atoms with Crippen molar-refractivity contribution in [3.8, 4) is 22.8 Å². The first-order valence-electron chi connectivity index (χ1n) is 17.5. The Morgan fingerprint density at radius 3 is 2.21 bits per heavy atom. The number of nitrogens with one attached hydrogen (secondary N) is 1. The van der Waals surface area contributed by atoms with Gasteiger partial charge in [-0.1, -0.05) is 86.3 Å². The van der Waals surface area contributed by atoms with Crippen LogP contribution in [0.2, 0.25) is 10.0 Å². The van der Waals surface area contributed by atoms with Crippen LogP contribution in [0.3, 0.4) is 0 Å². The standard InChI is InChI=1S/C42H43Cl2N3O5/c1-3-5-23-47-27-39(36-21-16-33(43)26-37(36)44)46-41(47)38(45-40(48)22-13-29-9-17-34(18-10-29)51-24-6-4-2)25-30-11-19-35(20-12-30)52-28-31-7-14-32(15-8-31)42(49)50/h7-22,26-27,38H,3-6,23-25,28H2,1-2H3,(H,45,48)(H,49,50)/t38-/m0/s1. The number of amides is 1. The number of halogens is 2. The monoisotopic (exact) mass is 739 g/mol. The van der Waals surface area contributed by atoms with Gasteiger partial charge in [-0.2, -0.15) is 0 Å². The van der Waals surface area contributed by atoms with Crippen molar-refractivity contribution in [2.45, 2.75) is 65.1 Å². The van der Waals surface area contributed by atoms with Gasteiger partial charge in [-0.05, 0) is 96.6 Å². The minimum atomic E-state index is -0.968. The first-order chi connectivity index (χ1) is 25.2. The van der Waals surface area contributed by atoms with Crippen molar-refractivity contribution < 1.29 is 24.2 Å². The molecule has 2 N–H and O–H groups in total. The van der Waals surface area contributed by atoms with Gasteiger partial charge in [0.15, 0.2) is 0 Å². The lowest BCUT2D eigenvalue weighted by Gasteiger charge is -2.20. The molecule has 0 aliphatic heterocycles. The Morgan fingerprint density at radius 1 is 0.865 bits per heavy atom. The molecule has 5 aromatic rings. The summed E-state index contributed by atoms with van der Waals surface area (Å²) in [4.78, 5) is 29.7. The highest BCUT2D eigenvalue weighted by Gasteiger charge is 2.23. The van der Waals surface area contributed by atoms with Crippen molar-refractivity contribution >= 4 is 41.2 Å². The van der Waals surface area contributed by atoms with E-state index >= 15 is 0 Å². The van der Waals surface area contributed by atoms with E-state index in [-0.39, 0.29) is 11.5 Å². The van der Waals surface area contributed by atoms with E-state index in [0.29, 0.717) is 41.1 Å². The Morgan fingerprint density at radius 2 is 1.54 bits per heavy atom. The van der Waals surface area contributed by atoms with Gasteiger partial charge in [0.2, 0.25) is 5.91 Å². The second kappa shape index (κ2) is 19.0. The molecule has 0 unspecified atom stereocenters. The first kappa shape index (κ1) is 38.2. The van der Waals surface area contributed by atoms with Crippen molar-refractivity contribution in [3.63, 3.8) is 0 Å². The zero-order chi connectivity index (χ0) is 36.9. The fraction of sp³-hybridized carbons (Fsp3) is 0.262. The van der Waals surface area contributed by atoms with Gasteiger partial charge >= 0.3 is 5.97 Å². The maximum Gasteiger partial charge on any atom is 0.335 e. The SMILES string of the molecule is CCCCOc1ccc(C=CC(=O)N[C@@H](Cc2ccc(OCc3ccc(C(=O)O)cc3)cc2)c2nc(-c3ccc(Cl)cc3Cl)cn2CCCC)cc1. The number of carboxylic acid groups (broad SMARTS) is 1. The molecule has 4 aromatic carbocycles. The molecule has 270 valence electrons. The number of carbonyl (C=O) groups is 2. The molecular weight excluding hydrogens is 697 g/mol. The number of ether oxygens (including phenoxy) is 2. The zero-order valence-electron chi connectivity index (χ0n) is 29.4. The summed E-state index contributed by atoms with van der Waals surface area (Å²) in [6.07, 6.45) is 9.76. The number of aromatic nitrogens is 2. The summed E-state index contributed by atoms with van der Waals surface area (Å²) in [5, 5.41) is 13.4. The number of imidazole rings is 1. The number of rotatable bonds is 18. The number of unbranched alkanes of at least 4 members (excludes halogenated alkanes) is 2. The summed E-state index contributed by atoms with van der Waals surface area (Å²) in [6, 6.07) is 26.9. The minimum Gasteiger partial charge on any atom is -0.494 e. The lowest BCUT2D eigenvalue weighted by molar-refractivity contribution is -0.117. The van der Waals surface area contributed by atoms with Crippen LogP contribution in [0.25, 0.3) is 17.3 Å². The number of aromatic carboxylic acids is 1. The number of carbonyl (C=O) groups excluding carboxylic acids is 1. The van der Waals surface area contributed by atoms with Crippen LogP contribution < -0.4 is 14.8 Å². The lowest BCUT2D eigenvalue weighted by Crippen LogP contribution is -2.30. The van der Waals surface area contributed by atoms with E-state index in [1.54, 1.807) is 42.5 Å². The first-order valence-corrected chi connectivity index (χ1v) is 18.3. The van der Waals surface area contributed by atoms with E-state index in [1.807, 2.05) is 60.8 Å². The van der Waals surface area contributed by atoms with Crippen molar-refractivity contribution in [2.24, 2.45) is 0 Å². The van der Waals surface area contributed by atoms with E-state index in [0.717, 1.165) is 66.1 Å². The number of hydrogen-bond donors (Lipinski definition) is 2. The molecule has 10 heteroatoms. The number of benzene rings is 4. The van der Waals surface area contributed by atoms with E-state index in [1.165, 1.54) is 6.08 Å². The molecule has 52 heavy (non-hydrogen) atoms. The third kappa shape index (κ3) is 11.0. The quantitative estimate of drug-likeness (QED) is 0.0685. The molecule has 8 nitrogen and oxygen atoms in total. The topological polar surface area (TPSA) is 103 Å². The average Bonchev–Trinajstić information content (AvgIpc) is 3.57. The maximum atomic E-state index is 13.5. The van der Waals surface area contributed by atoms with Crippen LogP contribution in [0, 0.1) is 0 Å². The predicted molar refractivity (Wildman–Crippen MR) is 207 cm³/mol. The molecule has 0 saturated carbocycles. The van der Waals surface area contributed by atoms with E-state index in [9.17, 15) is 9.59 Å². The van der Waals surface area contributed by atoms with Crippen molar-refractivity contribution in [1.82, 2.24) is 14.9 Å². The van der Waals surface area contributed by atoms with Gasteiger partial charge in [0, 0.05) is 29.4 Å². The summed E-state index contributed by atoms with van der Waals surface area (Å²) in [5.74, 6) is 0.967. The third-order valence-corrected chi connectivity index (χ3v) is 8.99. The molecule has 0 aliphatic rings. The summed E-state index contributed by atoms with van der Waals surface area (Å²) in [6.45, 7) is 5.95. The van der Waals surface area contributed by atoms with Crippen LogP contribution in [0.1, 0.15) is 78.4 Å².